The molecular formula is C12H14N4O2. The van der Waals surface area contributed by atoms with Crippen molar-refractivity contribution in [3.63, 3.8) is 0 Å². The molecule has 1 atom stereocenters. The molecule has 0 heterocycles. The van der Waals surface area contributed by atoms with Crippen LogP contribution in [0.1, 0.15) is 18.4 Å². The van der Waals surface area contributed by atoms with Gasteiger partial charge >= 0.3 is 0 Å². The highest BCUT2D eigenvalue weighted by Gasteiger charge is 2.31. The van der Waals surface area contributed by atoms with Crippen molar-refractivity contribution in [2.75, 3.05) is 11.9 Å². The van der Waals surface area contributed by atoms with Gasteiger partial charge in [0, 0.05) is 18.7 Å². The molecule has 1 saturated carbocycles. The molecule has 0 radical (unpaired) electrons. The Morgan fingerprint density at radius 1 is 1.61 bits per heavy atom. The van der Waals surface area contributed by atoms with Crippen LogP contribution >= 0.6 is 0 Å². The number of nitrogens with zero attached hydrogens (tertiary/aromatic N) is 2. The molecule has 6 nitrogen and oxygen atoms in total. The molecule has 0 amide bonds. The minimum Gasteiger partial charge on any atom is -0.375 e. The number of benzene rings is 1. The van der Waals surface area contributed by atoms with Gasteiger partial charge in [0.1, 0.15) is 5.69 Å². The Hall–Kier alpha value is -2.13. The fraction of sp³-hybridized carbons (Fsp3) is 0.417. The molecule has 6 heteroatoms. The third-order valence-electron chi connectivity index (χ3n) is 3.11. The van der Waals surface area contributed by atoms with Crippen molar-refractivity contribution in [2.24, 2.45) is 11.7 Å². The van der Waals surface area contributed by atoms with E-state index < -0.39 is 4.92 Å². The Morgan fingerprint density at radius 3 is 2.83 bits per heavy atom. The summed E-state index contributed by atoms with van der Waals surface area (Å²) in [6.45, 7) is 0.446. The van der Waals surface area contributed by atoms with Crippen LogP contribution in [-0.2, 0) is 0 Å². The number of hydrogen-bond donors (Lipinski definition) is 2. The van der Waals surface area contributed by atoms with Crippen LogP contribution in [-0.4, -0.2) is 17.5 Å². The molecule has 2 rings (SSSR count). The fourth-order valence-electron chi connectivity index (χ4n) is 1.94. The molecule has 18 heavy (non-hydrogen) atoms. The summed E-state index contributed by atoms with van der Waals surface area (Å²) in [5.41, 5.74) is 6.30. The van der Waals surface area contributed by atoms with Crippen LogP contribution in [0.15, 0.2) is 18.2 Å². The van der Waals surface area contributed by atoms with E-state index in [1.807, 2.05) is 6.07 Å². The largest absolute Gasteiger partial charge is 0.375 e. The second kappa shape index (κ2) is 5.02. The summed E-state index contributed by atoms with van der Waals surface area (Å²) < 4.78 is 0. The smallest absolute Gasteiger partial charge is 0.293 e. The highest BCUT2D eigenvalue weighted by atomic mass is 16.6. The first-order valence-corrected chi connectivity index (χ1v) is 5.81. The van der Waals surface area contributed by atoms with E-state index in [0.717, 1.165) is 12.8 Å². The lowest BCUT2D eigenvalue weighted by atomic mass is 10.1. The van der Waals surface area contributed by atoms with E-state index in [1.165, 1.54) is 6.07 Å². The minimum atomic E-state index is -0.482. The van der Waals surface area contributed by atoms with E-state index >= 15 is 0 Å². The lowest BCUT2D eigenvalue weighted by Gasteiger charge is -2.17. The third kappa shape index (κ3) is 2.57. The zero-order valence-electron chi connectivity index (χ0n) is 9.80. The molecule has 0 bridgehead atoms. The van der Waals surface area contributed by atoms with Gasteiger partial charge in [-0.2, -0.15) is 5.26 Å². The average Bonchev–Trinajstić information content (AvgIpc) is 3.20. The van der Waals surface area contributed by atoms with E-state index in [2.05, 4.69) is 5.32 Å². The van der Waals surface area contributed by atoms with Crippen molar-refractivity contribution in [1.29, 1.82) is 5.26 Å². The number of hydrogen-bond acceptors (Lipinski definition) is 5. The Morgan fingerprint density at radius 2 is 2.33 bits per heavy atom. The van der Waals surface area contributed by atoms with Crippen LogP contribution in [0.2, 0.25) is 0 Å². The van der Waals surface area contributed by atoms with Gasteiger partial charge in [-0.3, -0.25) is 10.1 Å². The second-order valence-corrected chi connectivity index (χ2v) is 4.42. The quantitative estimate of drug-likeness (QED) is 0.606. The molecule has 1 aromatic rings. The van der Waals surface area contributed by atoms with Crippen molar-refractivity contribution < 1.29 is 4.92 Å². The average molecular weight is 246 g/mol. The molecule has 1 aliphatic carbocycles. The van der Waals surface area contributed by atoms with E-state index in [0.29, 0.717) is 18.2 Å². The number of rotatable bonds is 5. The normalized spacial score (nSPS) is 15.8. The molecule has 1 fully saturated rings. The number of nitro groups is 1. The van der Waals surface area contributed by atoms with E-state index in [-0.39, 0.29) is 17.3 Å². The number of nitrogens with one attached hydrogen (secondary N) is 1. The van der Waals surface area contributed by atoms with Gasteiger partial charge in [-0.15, -0.1) is 0 Å². The number of nitrogens with two attached hydrogens (primary N) is 1. The Bertz CT molecular complexity index is 505. The van der Waals surface area contributed by atoms with Crippen molar-refractivity contribution in [1.82, 2.24) is 0 Å². The minimum absolute atomic E-state index is 0.0663. The molecular weight excluding hydrogens is 232 g/mol. The number of nitro benzene ring substituents is 1. The molecule has 94 valence electrons. The van der Waals surface area contributed by atoms with Gasteiger partial charge in [0.2, 0.25) is 0 Å². The summed E-state index contributed by atoms with van der Waals surface area (Å²) in [5, 5.41) is 22.8. The van der Waals surface area contributed by atoms with Gasteiger partial charge < -0.3 is 11.1 Å². The van der Waals surface area contributed by atoms with Gasteiger partial charge in [0.15, 0.2) is 0 Å². The van der Waals surface area contributed by atoms with Crippen LogP contribution in [0.5, 0.6) is 0 Å². The molecule has 0 aliphatic heterocycles. The topological polar surface area (TPSA) is 105 Å². The predicted molar refractivity (Wildman–Crippen MR) is 67.0 cm³/mol. The Balaban J connectivity index is 2.26. The highest BCUT2D eigenvalue weighted by Crippen LogP contribution is 2.35. The Kier molecular flexibility index (Phi) is 3.44. The second-order valence-electron chi connectivity index (χ2n) is 4.42. The van der Waals surface area contributed by atoms with E-state index in [9.17, 15) is 10.1 Å². The summed E-state index contributed by atoms with van der Waals surface area (Å²) in [7, 11) is 0. The van der Waals surface area contributed by atoms with Crippen molar-refractivity contribution >= 4 is 11.4 Å². The zero-order valence-corrected chi connectivity index (χ0v) is 9.80. The predicted octanol–water partition coefficient (Wildman–Crippen LogP) is 1.62. The molecule has 3 N–H and O–H groups in total. The maximum atomic E-state index is 11.0. The van der Waals surface area contributed by atoms with E-state index in [1.54, 1.807) is 12.1 Å². The summed E-state index contributed by atoms with van der Waals surface area (Å²) in [4.78, 5) is 10.5. The third-order valence-corrected chi connectivity index (χ3v) is 3.11. The molecule has 1 aliphatic rings. The standard InChI is InChI=1S/C12H14N4O2/c13-6-8-1-4-10(12(5-8)16(17)18)15-11(7-14)9-2-3-9/h1,4-5,9,11,15H,2-3,7,14H2. The lowest BCUT2D eigenvalue weighted by Crippen LogP contribution is -2.31. The Labute approximate surface area is 105 Å². The summed E-state index contributed by atoms with van der Waals surface area (Å²) >= 11 is 0. The van der Waals surface area contributed by atoms with Gasteiger partial charge in [-0.05, 0) is 30.9 Å². The van der Waals surface area contributed by atoms with Crippen LogP contribution in [0.25, 0.3) is 0 Å². The molecule has 0 aromatic heterocycles. The summed E-state index contributed by atoms with van der Waals surface area (Å²) in [5.74, 6) is 0.505. The van der Waals surface area contributed by atoms with Crippen LogP contribution in [0, 0.1) is 27.4 Å². The van der Waals surface area contributed by atoms with Gasteiger partial charge in [0.05, 0.1) is 16.6 Å². The van der Waals surface area contributed by atoms with Crippen LogP contribution in [0.4, 0.5) is 11.4 Å². The SMILES string of the molecule is N#Cc1ccc(NC(CN)C2CC2)c([N+](=O)[O-])c1. The van der Waals surface area contributed by atoms with Crippen molar-refractivity contribution in [3.8, 4) is 6.07 Å². The summed E-state index contributed by atoms with van der Waals surface area (Å²) in [6.07, 6.45) is 2.22. The highest BCUT2D eigenvalue weighted by molar-refractivity contribution is 5.64. The number of anilines is 1. The molecule has 0 spiro atoms. The summed E-state index contributed by atoms with van der Waals surface area (Å²) in [6, 6.07) is 6.38. The molecule has 1 aromatic carbocycles. The maximum absolute atomic E-state index is 11.0. The van der Waals surface area contributed by atoms with E-state index in [4.69, 9.17) is 11.0 Å². The monoisotopic (exact) mass is 246 g/mol. The van der Waals surface area contributed by atoms with Crippen molar-refractivity contribution in [2.45, 2.75) is 18.9 Å². The van der Waals surface area contributed by atoms with Gasteiger partial charge in [-0.1, -0.05) is 0 Å². The van der Waals surface area contributed by atoms with Crippen molar-refractivity contribution in [3.05, 3.63) is 33.9 Å². The lowest BCUT2D eigenvalue weighted by molar-refractivity contribution is -0.384. The fourth-order valence-corrected chi connectivity index (χ4v) is 1.94. The maximum Gasteiger partial charge on any atom is 0.293 e. The zero-order chi connectivity index (χ0) is 13.1. The van der Waals surface area contributed by atoms with Crippen LogP contribution < -0.4 is 11.1 Å². The first kappa shape index (κ1) is 12.3. The first-order valence-electron chi connectivity index (χ1n) is 5.81. The first-order chi connectivity index (χ1) is 8.65. The number of nitriles is 1. The molecule has 1 unspecified atom stereocenters. The van der Waals surface area contributed by atoms with Gasteiger partial charge in [0.25, 0.3) is 5.69 Å². The van der Waals surface area contributed by atoms with Gasteiger partial charge in [-0.25, -0.2) is 0 Å². The molecule has 0 saturated heterocycles. The van der Waals surface area contributed by atoms with Crippen LogP contribution in [0.3, 0.4) is 0 Å².